The Morgan fingerprint density at radius 3 is 2.35 bits per heavy atom. The van der Waals surface area contributed by atoms with Crippen molar-refractivity contribution in [2.75, 3.05) is 14.2 Å². The number of methoxy groups -OCH3 is 2. The van der Waals surface area contributed by atoms with Crippen molar-refractivity contribution in [3.8, 4) is 11.5 Å². The molecule has 0 aliphatic rings. The van der Waals surface area contributed by atoms with Gasteiger partial charge in [-0.25, -0.2) is 0 Å². The molecule has 0 aliphatic carbocycles. The second kappa shape index (κ2) is 6.39. The minimum Gasteiger partial charge on any atom is -0.497 e. The summed E-state index contributed by atoms with van der Waals surface area (Å²) < 4.78 is 10.5. The fourth-order valence-corrected chi connectivity index (χ4v) is 2.18. The Morgan fingerprint density at radius 1 is 1.05 bits per heavy atom. The molecule has 1 heterocycles. The van der Waals surface area contributed by atoms with E-state index >= 15 is 0 Å². The van der Waals surface area contributed by atoms with E-state index in [1.54, 1.807) is 32.7 Å². The predicted octanol–water partition coefficient (Wildman–Crippen LogP) is 2.94. The van der Waals surface area contributed by atoms with Crippen LogP contribution in [0.25, 0.3) is 0 Å². The molecule has 1 aromatic heterocycles. The molecule has 0 amide bonds. The van der Waals surface area contributed by atoms with Crippen LogP contribution in [0.2, 0.25) is 0 Å². The Balaban J connectivity index is 2.31. The second-order valence-corrected chi connectivity index (χ2v) is 4.62. The van der Waals surface area contributed by atoms with Gasteiger partial charge in [0.05, 0.1) is 20.3 Å². The molecule has 0 saturated heterocycles. The molecule has 2 aromatic rings. The summed E-state index contributed by atoms with van der Waals surface area (Å²) in [5.41, 5.74) is 1.78. The van der Waals surface area contributed by atoms with Crippen molar-refractivity contribution in [1.29, 1.82) is 0 Å². The van der Waals surface area contributed by atoms with Crippen molar-refractivity contribution in [3.63, 3.8) is 0 Å². The Kier molecular flexibility index (Phi) is 4.58. The van der Waals surface area contributed by atoms with E-state index in [1.165, 1.54) is 0 Å². The lowest BCUT2D eigenvalue weighted by molar-refractivity contribution is 0.147. The second-order valence-electron chi connectivity index (χ2n) is 4.62. The largest absolute Gasteiger partial charge is 0.497 e. The van der Waals surface area contributed by atoms with Gasteiger partial charge in [0.1, 0.15) is 11.5 Å². The average molecular weight is 273 g/mol. The molecule has 106 valence electrons. The third-order valence-corrected chi connectivity index (χ3v) is 3.46. The molecule has 0 spiro atoms. The van der Waals surface area contributed by atoms with Crippen LogP contribution in [0, 0.1) is 0 Å². The van der Waals surface area contributed by atoms with Crippen molar-refractivity contribution < 1.29 is 14.6 Å². The first-order valence-electron chi connectivity index (χ1n) is 6.47. The van der Waals surface area contributed by atoms with E-state index in [0.29, 0.717) is 11.5 Å². The minimum absolute atomic E-state index is 0.0553. The Hall–Kier alpha value is -2.07. The van der Waals surface area contributed by atoms with E-state index in [9.17, 15) is 5.11 Å². The zero-order valence-electron chi connectivity index (χ0n) is 11.9. The quantitative estimate of drug-likeness (QED) is 0.910. The van der Waals surface area contributed by atoms with Crippen molar-refractivity contribution >= 4 is 0 Å². The summed E-state index contributed by atoms with van der Waals surface area (Å²) in [5, 5.41) is 10.6. The van der Waals surface area contributed by atoms with Crippen molar-refractivity contribution in [3.05, 3.63) is 53.9 Å². The van der Waals surface area contributed by atoms with Crippen LogP contribution >= 0.6 is 0 Å². The number of aromatic nitrogens is 1. The van der Waals surface area contributed by atoms with Gasteiger partial charge in [0, 0.05) is 29.9 Å². The predicted molar refractivity (Wildman–Crippen MR) is 77.2 cm³/mol. The smallest absolute Gasteiger partial charge is 0.128 e. The lowest BCUT2D eigenvalue weighted by Crippen LogP contribution is -2.09. The average Bonchev–Trinajstić information content (AvgIpc) is 2.53. The SMILES string of the molecule is COc1ccc(C(O)C(C)c2ccncc2)c(OC)c1. The Morgan fingerprint density at radius 2 is 1.75 bits per heavy atom. The summed E-state index contributed by atoms with van der Waals surface area (Å²) >= 11 is 0. The Labute approximate surface area is 119 Å². The molecule has 20 heavy (non-hydrogen) atoms. The number of hydrogen-bond donors (Lipinski definition) is 1. The number of benzene rings is 1. The van der Waals surface area contributed by atoms with Crippen LogP contribution in [-0.2, 0) is 0 Å². The molecular formula is C16H19NO3. The first kappa shape index (κ1) is 14.3. The molecular weight excluding hydrogens is 254 g/mol. The molecule has 2 unspecified atom stereocenters. The van der Waals surface area contributed by atoms with Gasteiger partial charge < -0.3 is 14.6 Å². The summed E-state index contributed by atoms with van der Waals surface area (Å²) in [7, 11) is 3.19. The van der Waals surface area contributed by atoms with Gasteiger partial charge >= 0.3 is 0 Å². The van der Waals surface area contributed by atoms with Crippen LogP contribution in [0.5, 0.6) is 11.5 Å². The normalized spacial score (nSPS) is 13.6. The van der Waals surface area contributed by atoms with Crippen molar-refractivity contribution in [2.24, 2.45) is 0 Å². The van der Waals surface area contributed by atoms with Crippen molar-refractivity contribution in [1.82, 2.24) is 4.98 Å². The fraction of sp³-hybridized carbons (Fsp3) is 0.312. The highest BCUT2D eigenvalue weighted by Crippen LogP contribution is 2.36. The number of nitrogens with zero attached hydrogens (tertiary/aromatic N) is 1. The monoisotopic (exact) mass is 273 g/mol. The van der Waals surface area contributed by atoms with Crippen molar-refractivity contribution in [2.45, 2.75) is 18.9 Å². The summed E-state index contributed by atoms with van der Waals surface area (Å²) in [5.74, 6) is 1.27. The van der Waals surface area contributed by atoms with E-state index in [-0.39, 0.29) is 5.92 Å². The first-order chi connectivity index (χ1) is 9.67. The molecule has 1 N–H and O–H groups in total. The van der Waals surface area contributed by atoms with Crippen LogP contribution in [0.1, 0.15) is 30.1 Å². The van der Waals surface area contributed by atoms with Gasteiger partial charge in [0.15, 0.2) is 0 Å². The highest BCUT2D eigenvalue weighted by Gasteiger charge is 2.21. The maximum absolute atomic E-state index is 10.6. The van der Waals surface area contributed by atoms with E-state index in [2.05, 4.69) is 4.98 Å². The van der Waals surface area contributed by atoms with Crippen LogP contribution < -0.4 is 9.47 Å². The highest BCUT2D eigenvalue weighted by molar-refractivity contribution is 5.43. The molecule has 2 rings (SSSR count). The summed E-state index contributed by atoms with van der Waals surface area (Å²) in [6, 6.07) is 9.24. The number of rotatable bonds is 5. The lowest BCUT2D eigenvalue weighted by Gasteiger charge is -2.21. The lowest BCUT2D eigenvalue weighted by atomic mass is 9.91. The van der Waals surface area contributed by atoms with Gasteiger partial charge in [-0.05, 0) is 29.8 Å². The molecule has 0 bridgehead atoms. The molecule has 0 saturated carbocycles. The minimum atomic E-state index is -0.654. The van der Waals surface area contributed by atoms with Gasteiger partial charge in [0.2, 0.25) is 0 Å². The third-order valence-electron chi connectivity index (χ3n) is 3.46. The Bertz CT molecular complexity index is 557. The van der Waals surface area contributed by atoms with E-state index < -0.39 is 6.10 Å². The van der Waals surface area contributed by atoms with Gasteiger partial charge in [0.25, 0.3) is 0 Å². The van der Waals surface area contributed by atoms with Gasteiger partial charge in [-0.3, -0.25) is 4.98 Å². The number of pyridine rings is 1. The number of hydrogen-bond acceptors (Lipinski definition) is 4. The van der Waals surface area contributed by atoms with Gasteiger partial charge in [-0.2, -0.15) is 0 Å². The molecule has 1 aromatic carbocycles. The molecule has 0 aliphatic heterocycles. The maximum atomic E-state index is 10.6. The summed E-state index contributed by atoms with van der Waals surface area (Å²) in [6.07, 6.45) is 2.80. The molecule has 4 nitrogen and oxygen atoms in total. The molecule has 0 fully saturated rings. The first-order valence-corrected chi connectivity index (χ1v) is 6.47. The zero-order valence-corrected chi connectivity index (χ0v) is 11.9. The molecule has 0 radical (unpaired) electrons. The summed E-state index contributed by atoms with van der Waals surface area (Å²) in [6.45, 7) is 1.98. The highest BCUT2D eigenvalue weighted by atomic mass is 16.5. The standard InChI is InChI=1S/C16H19NO3/c1-11(12-6-8-17-9-7-12)16(18)14-5-4-13(19-2)10-15(14)20-3/h4-11,16,18H,1-3H3. The zero-order chi connectivity index (χ0) is 14.5. The topological polar surface area (TPSA) is 51.6 Å². The van der Waals surface area contributed by atoms with E-state index in [0.717, 1.165) is 11.1 Å². The van der Waals surface area contributed by atoms with Gasteiger partial charge in [-0.1, -0.05) is 6.92 Å². The van der Waals surface area contributed by atoms with Crippen LogP contribution in [0.15, 0.2) is 42.7 Å². The number of aliphatic hydroxyl groups excluding tert-OH is 1. The maximum Gasteiger partial charge on any atom is 0.128 e. The van der Waals surface area contributed by atoms with E-state index in [1.807, 2.05) is 31.2 Å². The number of aliphatic hydroxyl groups is 1. The third kappa shape index (κ3) is 2.91. The van der Waals surface area contributed by atoms with Crippen LogP contribution in [0.3, 0.4) is 0 Å². The fourth-order valence-electron chi connectivity index (χ4n) is 2.18. The molecule has 4 heteroatoms. The van der Waals surface area contributed by atoms with E-state index in [4.69, 9.17) is 9.47 Å². The summed E-state index contributed by atoms with van der Waals surface area (Å²) in [4.78, 5) is 3.99. The van der Waals surface area contributed by atoms with Crippen LogP contribution in [-0.4, -0.2) is 24.3 Å². The number of ether oxygens (including phenoxy) is 2. The van der Waals surface area contributed by atoms with Gasteiger partial charge in [-0.15, -0.1) is 0 Å². The molecule has 2 atom stereocenters. The van der Waals surface area contributed by atoms with Crippen LogP contribution in [0.4, 0.5) is 0 Å².